The molecule has 0 atom stereocenters. The van der Waals surface area contributed by atoms with Crippen LogP contribution in [0, 0.1) is 5.92 Å². The molecule has 0 unspecified atom stereocenters. The van der Waals surface area contributed by atoms with Gasteiger partial charge in [0, 0.05) is 23.6 Å². The number of ether oxygens (including phenoxy) is 2. The third-order valence-electron chi connectivity index (χ3n) is 5.63. The second-order valence-electron chi connectivity index (χ2n) is 8.62. The van der Waals surface area contributed by atoms with Gasteiger partial charge in [0.2, 0.25) is 0 Å². The lowest BCUT2D eigenvalue weighted by molar-refractivity contribution is 0.356. The average Bonchev–Trinajstić information content (AvgIpc) is 3.17. The summed E-state index contributed by atoms with van der Waals surface area (Å²) >= 11 is 0. The van der Waals surface area contributed by atoms with Crippen LogP contribution in [0.4, 0.5) is 5.69 Å². The summed E-state index contributed by atoms with van der Waals surface area (Å²) in [5, 5.41) is 15.2. The van der Waals surface area contributed by atoms with Gasteiger partial charge in [-0.3, -0.25) is 0 Å². The number of aromatic hydroxyl groups is 1. The monoisotopic (exact) mass is 457 g/mol. The number of nitrogens with one attached hydrogen (secondary N) is 2. The normalized spacial score (nSPS) is 11.9. The van der Waals surface area contributed by atoms with Gasteiger partial charge >= 0.3 is 0 Å². The van der Waals surface area contributed by atoms with Crippen LogP contribution >= 0.6 is 0 Å². The number of aliphatic imine (C=N–C) groups is 1. The molecule has 6 heteroatoms. The number of methoxy groups -OCH3 is 2. The van der Waals surface area contributed by atoms with Crippen LogP contribution in [-0.2, 0) is 6.54 Å². The highest BCUT2D eigenvalue weighted by molar-refractivity contribution is 6.22. The van der Waals surface area contributed by atoms with Crippen LogP contribution in [0.3, 0.4) is 0 Å². The van der Waals surface area contributed by atoms with Gasteiger partial charge < -0.3 is 24.9 Å². The summed E-state index contributed by atoms with van der Waals surface area (Å²) in [6, 6.07) is 21.7. The zero-order valence-corrected chi connectivity index (χ0v) is 20.1. The van der Waals surface area contributed by atoms with Crippen LogP contribution in [0.25, 0.3) is 10.9 Å². The molecular formula is C28H31N3O3. The van der Waals surface area contributed by atoms with E-state index in [1.807, 2.05) is 54.6 Å². The van der Waals surface area contributed by atoms with Gasteiger partial charge in [-0.05, 0) is 36.2 Å². The number of rotatable bonds is 9. The highest BCUT2D eigenvalue weighted by atomic mass is 16.5. The number of H-pyrrole nitrogens is 1. The minimum absolute atomic E-state index is 0.0439. The molecule has 0 aliphatic heterocycles. The predicted molar refractivity (Wildman–Crippen MR) is 138 cm³/mol. The van der Waals surface area contributed by atoms with Crippen molar-refractivity contribution in [2.45, 2.75) is 20.4 Å². The molecule has 34 heavy (non-hydrogen) atoms. The minimum atomic E-state index is 0.0439. The Bertz CT molecular complexity index is 1280. The van der Waals surface area contributed by atoms with Crippen LogP contribution in [0.5, 0.6) is 17.4 Å². The van der Waals surface area contributed by atoms with Gasteiger partial charge in [-0.15, -0.1) is 0 Å². The van der Waals surface area contributed by atoms with E-state index in [0.717, 1.165) is 35.2 Å². The van der Waals surface area contributed by atoms with E-state index in [9.17, 15) is 5.11 Å². The zero-order valence-electron chi connectivity index (χ0n) is 20.1. The largest absolute Gasteiger partial charge is 0.494 e. The molecule has 4 aromatic rings. The van der Waals surface area contributed by atoms with E-state index in [1.54, 1.807) is 14.2 Å². The van der Waals surface area contributed by atoms with Crippen LogP contribution in [-0.4, -0.2) is 36.6 Å². The van der Waals surface area contributed by atoms with Crippen molar-refractivity contribution in [2.75, 3.05) is 20.8 Å². The van der Waals surface area contributed by atoms with Crippen molar-refractivity contribution in [3.8, 4) is 17.4 Å². The maximum absolute atomic E-state index is 10.9. The van der Waals surface area contributed by atoms with Crippen molar-refractivity contribution in [2.24, 2.45) is 10.9 Å². The molecule has 176 valence electrons. The Labute approximate surface area is 200 Å². The molecule has 4 rings (SSSR count). The van der Waals surface area contributed by atoms with E-state index < -0.39 is 0 Å². The molecule has 0 aliphatic rings. The van der Waals surface area contributed by atoms with Gasteiger partial charge in [0.1, 0.15) is 0 Å². The number of benzene rings is 3. The Hall–Kier alpha value is -3.77. The molecule has 0 saturated heterocycles. The van der Waals surface area contributed by atoms with Crippen LogP contribution in [0.2, 0.25) is 0 Å². The maximum atomic E-state index is 10.9. The lowest BCUT2D eigenvalue weighted by atomic mass is 10.0. The predicted octanol–water partition coefficient (Wildman–Crippen LogP) is 5.81. The molecule has 1 aromatic heterocycles. The van der Waals surface area contributed by atoms with E-state index in [4.69, 9.17) is 14.5 Å². The summed E-state index contributed by atoms with van der Waals surface area (Å²) in [5.41, 5.74) is 4.93. The Kier molecular flexibility index (Phi) is 7.18. The molecule has 3 N–H and O–H groups in total. The topological polar surface area (TPSA) is 78.9 Å². The third kappa shape index (κ3) is 5.07. The Balaban J connectivity index is 1.79. The first-order valence-electron chi connectivity index (χ1n) is 11.4. The summed E-state index contributed by atoms with van der Waals surface area (Å²) < 4.78 is 10.9. The second kappa shape index (κ2) is 10.4. The smallest absolute Gasteiger partial charge is 0.199 e. The highest BCUT2D eigenvalue weighted by Crippen LogP contribution is 2.38. The van der Waals surface area contributed by atoms with Crippen molar-refractivity contribution in [3.05, 3.63) is 83.4 Å². The molecule has 0 bridgehead atoms. The number of hydrogen-bond donors (Lipinski definition) is 3. The molecular weight excluding hydrogens is 426 g/mol. The van der Waals surface area contributed by atoms with E-state index in [2.05, 4.69) is 36.3 Å². The molecule has 0 aliphatic carbocycles. The average molecular weight is 458 g/mol. The van der Waals surface area contributed by atoms with Crippen LogP contribution < -0.4 is 14.8 Å². The third-order valence-corrected chi connectivity index (χ3v) is 5.63. The van der Waals surface area contributed by atoms with Gasteiger partial charge in [0.05, 0.1) is 36.7 Å². The summed E-state index contributed by atoms with van der Waals surface area (Å²) in [6.07, 6.45) is 0. The van der Waals surface area contributed by atoms with Crippen LogP contribution in [0.1, 0.15) is 30.5 Å². The molecule has 0 fully saturated rings. The number of hydrogen-bond acceptors (Lipinski definition) is 5. The molecule has 1 heterocycles. The summed E-state index contributed by atoms with van der Waals surface area (Å²) in [6.45, 7) is 6.19. The summed E-state index contributed by atoms with van der Waals surface area (Å²) in [7, 11) is 3.19. The summed E-state index contributed by atoms with van der Waals surface area (Å²) in [5.74, 6) is 1.82. The Morgan fingerprint density at radius 1 is 0.971 bits per heavy atom. The summed E-state index contributed by atoms with van der Waals surface area (Å²) in [4.78, 5) is 8.04. The number of aromatic amines is 1. The molecule has 0 spiro atoms. The Morgan fingerprint density at radius 3 is 2.29 bits per heavy atom. The Morgan fingerprint density at radius 2 is 1.65 bits per heavy atom. The van der Waals surface area contributed by atoms with Crippen molar-refractivity contribution in [3.63, 3.8) is 0 Å². The lowest BCUT2D eigenvalue weighted by Crippen LogP contribution is -2.18. The molecule has 6 nitrogen and oxygen atoms in total. The van der Waals surface area contributed by atoms with Crippen molar-refractivity contribution in [1.82, 2.24) is 10.3 Å². The maximum Gasteiger partial charge on any atom is 0.199 e. The molecule has 0 saturated carbocycles. The second-order valence-corrected chi connectivity index (χ2v) is 8.62. The van der Waals surface area contributed by atoms with Crippen LogP contribution in [0.15, 0.2) is 71.7 Å². The van der Waals surface area contributed by atoms with E-state index in [1.165, 1.54) is 5.56 Å². The van der Waals surface area contributed by atoms with Gasteiger partial charge in [-0.1, -0.05) is 56.3 Å². The highest BCUT2D eigenvalue weighted by Gasteiger charge is 2.21. The fraction of sp³-hybridized carbons (Fsp3) is 0.250. The fourth-order valence-corrected chi connectivity index (χ4v) is 3.93. The van der Waals surface area contributed by atoms with Crippen molar-refractivity contribution < 1.29 is 14.6 Å². The van der Waals surface area contributed by atoms with Gasteiger partial charge in [0.15, 0.2) is 17.4 Å². The molecule has 0 radical (unpaired) electrons. The quantitative estimate of drug-likeness (QED) is 0.277. The van der Waals surface area contributed by atoms with E-state index >= 15 is 0 Å². The first-order valence-corrected chi connectivity index (χ1v) is 11.4. The van der Waals surface area contributed by atoms with Crippen molar-refractivity contribution in [1.29, 1.82) is 0 Å². The van der Waals surface area contributed by atoms with E-state index in [-0.39, 0.29) is 5.88 Å². The van der Waals surface area contributed by atoms with Crippen molar-refractivity contribution >= 4 is 22.3 Å². The fourth-order valence-electron chi connectivity index (χ4n) is 3.93. The SMILES string of the molecule is COc1cc2[nH]c(O)c(C(=Nc3ccc(CNCC(C)C)cc3)c3ccccc3)c2cc1OC. The zero-order chi connectivity index (χ0) is 24.1. The minimum Gasteiger partial charge on any atom is -0.494 e. The lowest BCUT2D eigenvalue weighted by Gasteiger charge is -2.10. The number of nitrogens with zero attached hydrogens (tertiary/aromatic N) is 1. The van der Waals surface area contributed by atoms with Gasteiger partial charge in [0.25, 0.3) is 0 Å². The number of fused-ring (bicyclic) bond motifs is 1. The van der Waals surface area contributed by atoms with Gasteiger partial charge in [-0.25, -0.2) is 4.99 Å². The molecule has 3 aromatic carbocycles. The molecule has 0 amide bonds. The standard InChI is InChI=1S/C28H31N3O3/c1-18(2)16-29-17-19-10-12-21(13-11-19)30-27(20-8-6-5-7-9-20)26-22-14-24(33-3)25(34-4)15-23(22)31-28(26)32/h5-15,18,29,31-32H,16-17H2,1-4H3. The van der Waals surface area contributed by atoms with E-state index in [0.29, 0.717) is 28.7 Å². The first-order chi connectivity index (χ1) is 16.5. The number of aromatic nitrogens is 1. The first kappa shape index (κ1) is 23.4. The van der Waals surface area contributed by atoms with Gasteiger partial charge in [-0.2, -0.15) is 0 Å².